The van der Waals surface area contributed by atoms with Gasteiger partial charge < -0.3 is 10.0 Å². The van der Waals surface area contributed by atoms with Crippen molar-refractivity contribution in [1.29, 1.82) is 0 Å². The van der Waals surface area contributed by atoms with Crippen molar-refractivity contribution in [2.24, 2.45) is 0 Å². The van der Waals surface area contributed by atoms with E-state index in [-0.39, 0.29) is 11.8 Å². The minimum Gasteiger partial charge on any atom is -0.480 e. The molecule has 0 radical (unpaired) electrons. The normalized spacial score (nSPS) is 19.5. The van der Waals surface area contributed by atoms with Gasteiger partial charge in [0, 0.05) is 6.54 Å². The fraction of sp³-hybridized carbons (Fsp3) is 0.636. The maximum Gasteiger partial charge on any atom is 0.326 e. The van der Waals surface area contributed by atoms with Gasteiger partial charge in [-0.05, 0) is 30.3 Å². The molecule has 2 rings (SSSR count). The number of amides is 1. The molecule has 1 fully saturated rings. The molecule has 1 atom stereocenters. The molecular formula is C11H15N3O3S. The molecule has 1 aromatic rings. The van der Waals surface area contributed by atoms with E-state index in [0.717, 1.165) is 18.0 Å². The highest BCUT2D eigenvalue weighted by Gasteiger charge is 2.36. The minimum absolute atomic E-state index is 0.105. The highest BCUT2D eigenvalue weighted by molar-refractivity contribution is 7.08. The van der Waals surface area contributed by atoms with E-state index in [2.05, 4.69) is 9.59 Å². The average molecular weight is 269 g/mol. The number of aromatic nitrogens is 2. The molecule has 1 aromatic heterocycles. The molecule has 0 saturated carbocycles. The number of carbonyl (C=O) groups is 2. The average Bonchev–Trinajstić information content (AvgIpc) is 2.97. The summed E-state index contributed by atoms with van der Waals surface area (Å²) in [5, 5.41) is 13.0. The number of rotatable bonds is 3. The first-order valence-corrected chi connectivity index (χ1v) is 6.65. The molecule has 6 nitrogen and oxygen atoms in total. The Balaban J connectivity index is 2.25. The molecule has 0 aliphatic carbocycles. The summed E-state index contributed by atoms with van der Waals surface area (Å²) in [6.07, 6.45) is 1.25. The highest BCUT2D eigenvalue weighted by Crippen LogP contribution is 2.25. The predicted octanol–water partition coefficient (Wildman–Crippen LogP) is 1.35. The molecule has 0 spiro atoms. The van der Waals surface area contributed by atoms with Crippen LogP contribution in [0.3, 0.4) is 0 Å². The van der Waals surface area contributed by atoms with Crippen LogP contribution in [0.1, 0.15) is 48.0 Å². The molecular weight excluding hydrogens is 254 g/mol. The lowest BCUT2D eigenvalue weighted by atomic mass is 10.1. The van der Waals surface area contributed by atoms with Crippen molar-refractivity contribution in [1.82, 2.24) is 14.5 Å². The van der Waals surface area contributed by atoms with E-state index in [4.69, 9.17) is 5.11 Å². The molecule has 98 valence electrons. The molecule has 1 saturated heterocycles. The van der Waals surface area contributed by atoms with Crippen LogP contribution in [0.15, 0.2) is 0 Å². The molecule has 1 aliphatic rings. The molecule has 18 heavy (non-hydrogen) atoms. The van der Waals surface area contributed by atoms with Gasteiger partial charge in [0.05, 0.1) is 5.69 Å². The van der Waals surface area contributed by atoms with E-state index in [9.17, 15) is 9.59 Å². The fourth-order valence-electron chi connectivity index (χ4n) is 2.12. The van der Waals surface area contributed by atoms with Crippen LogP contribution in [0.5, 0.6) is 0 Å². The maximum atomic E-state index is 12.3. The highest BCUT2D eigenvalue weighted by atomic mass is 32.1. The largest absolute Gasteiger partial charge is 0.480 e. The van der Waals surface area contributed by atoms with Gasteiger partial charge in [-0.1, -0.05) is 18.3 Å². The second-order valence-electron chi connectivity index (χ2n) is 4.64. The molecule has 1 aliphatic heterocycles. The number of aliphatic carboxylic acids is 1. The van der Waals surface area contributed by atoms with Gasteiger partial charge in [0.15, 0.2) is 0 Å². The van der Waals surface area contributed by atoms with Gasteiger partial charge in [-0.3, -0.25) is 4.79 Å². The molecule has 1 amide bonds. The second kappa shape index (κ2) is 5.01. The van der Waals surface area contributed by atoms with Gasteiger partial charge in [-0.15, -0.1) is 5.10 Å². The second-order valence-corrected chi connectivity index (χ2v) is 5.39. The van der Waals surface area contributed by atoms with Gasteiger partial charge in [0.1, 0.15) is 10.9 Å². The van der Waals surface area contributed by atoms with Crippen LogP contribution < -0.4 is 0 Å². The third-order valence-electron chi connectivity index (χ3n) is 3.05. The summed E-state index contributed by atoms with van der Waals surface area (Å²) in [7, 11) is 0. The first-order chi connectivity index (χ1) is 8.52. The maximum absolute atomic E-state index is 12.3. The van der Waals surface area contributed by atoms with Crippen LogP contribution in [-0.2, 0) is 4.79 Å². The summed E-state index contributed by atoms with van der Waals surface area (Å²) in [6, 6.07) is -0.709. The number of nitrogens with zero attached hydrogens (tertiary/aromatic N) is 3. The topological polar surface area (TPSA) is 83.4 Å². The Morgan fingerprint density at radius 1 is 1.50 bits per heavy atom. The van der Waals surface area contributed by atoms with Crippen molar-refractivity contribution in [3.8, 4) is 0 Å². The lowest BCUT2D eigenvalue weighted by molar-refractivity contribution is -0.141. The number of carboxylic acid groups (broad SMARTS) is 1. The van der Waals surface area contributed by atoms with Crippen LogP contribution in [-0.4, -0.2) is 44.1 Å². The number of carbonyl (C=O) groups excluding carboxylic acids is 1. The summed E-state index contributed by atoms with van der Waals surface area (Å²) in [5.74, 6) is -1.09. The lowest BCUT2D eigenvalue weighted by Crippen LogP contribution is -2.40. The van der Waals surface area contributed by atoms with Gasteiger partial charge in [0.2, 0.25) is 0 Å². The van der Waals surface area contributed by atoms with Crippen LogP contribution in [0.2, 0.25) is 0 Å². The Kier molecular flexibility index (Phi) is 3.60. The van der Waals surface area contributed by atoms with E-state index in [1.54, 1.807) is 0 Å². The van der Waals surface area contributed by atoms with Crippen molar-refractivity contribution in [3.63, 3.8) is 0 Å². The van der Waals surface area contributed by atoms with E-state index in [0.29, 0.717) is 23.5 Å². The van der Waals surface area contributed by atoms with Crippen molar-refractivity contribution in [3.05, 3.63) is 10.6 Å². The zero-order chi connectivity index (χ0) is 13.3. The Hall–Kier alpha value is -1.50. The van der Waals surface area contributed by atoms with Crippen LogP contribution in [0.4, 0.5) is 0 Å². The van der Waals surface area contributed by atoms with Crippen LogP contribution in [0, 0.1) is 0 Å². The zero-order valence-electron chi connectivity index (χ0n) is 10.3. The summed E-state index contributed by atoms with van der Waals surface area (Å²) >= 11 is 1.04. The SMILES string of the molecule is CC(C)c1nnsc1C(=O)N1CCCC1C(=O)O. The Morgan fingerprint density at radius 3 is 2.83 bits per heavy atom. The first kappa shape index (κ1) is 12.9. The fourth-order valence-corrected chi connectivity index (χ4v) is 2.90. The smallest absolute Gasteiger partial charge is 0.326 e. The lowest BCUT2D eigenvalue weighted by Gasteiger charge is -2.21. The minimum atomic E-state index is -0.940. The first-order valence-electron chi connectivity index (χ1n) is 5.88. The molecule has 2 heterocycles. The molecule has 0 aromatic carbocycles. The summed E-state index contributed by atoms with van der Waals surface area (Å²) in [4.78, 5) is 25.3. The van der Waals surface area contributed by atoms with Crippen molar-refractivity contribution < 1.29 is 14.7 Å². The molecule has 0 bridgehead atoms. The Bertz CT molecular complexity index is 472. The van der Waals surface area contributed by atoms with Crippen molar-refractivity contribution in [2.45, 2.75) is 38.6 Å². The van der Waals surface area contributed by atoms with E-state index < -0.39 is 12.0 Å². The van der Waals surface area contributed by atoms with Gasteiger partial charge in [-0.2, -0.15) is 0 Å². The monoisotopic (exact) mass is 269 g/mol. The number of hydrogen-bond donors (Lipinski definition) is 1. The Labute approximate surface area is 109 Å². The molecule has 7 heteroatoms. The van der Waals surface area contributed by atoms with E-state index in [1.165, 1.54) is 4.90 Å². The third kappa shape index (κ3) is 2.22. The molecule has 1 unspecified atom stereocenters. The third-order valence-corrected chi connectivity index (χ3v) is 3.78. The van der Waals surface area contributed by atoms with Gasteiger partial charge in [-0.25, -0.2) is 4.79 Å². The number of hydrogen-bond acceptors (Lipinski definition) is 5. The van der Waals surface area contributed by atoms with Crippen molar-refractivity contribution in [2.75, 3.05) is 6.54 Å². The van der Waals surface area contributed by atoms with Gasteiger partial charge >= 0.3 is 5.97 Å². The zero-order valence-corrected chi connectivity index (χ0v) is 11.1. The number of carboxylic acids is 1. The van der Waals surface area contributed by atoms with E-state index in [1.807, 2.05) is 13.8 Å². The van der Waals surface area contributed by atoms with Crippen LogP contribution in [0.25, 0.3) is 0 Å². The van der Waals surface area contributed by atoms with E-state index >= 15 is 0 Å². The summed E-state index contributed by atoms with van der Waals surface area (Å²) < 4.78 is 3.80. The van der Waals surface area contributed by atoms with Crippen LogP contribution >= 0.6 is 11.5 Å². The molecule has 1 N–H and O–H groups in total. The summed E-state index contributed by atoms with van der Waals surface area (Å²) in [5.41, 5.74) is 0.654. The number of likely N-dealkylation sites (tertiary alicyclic amines) is 1. The van der Waals surface area contributed by atoms with Crippen molar-refractivity contribution >= 4 is 23.4 Å². The van der Waals surface area contributed by atoms with Gasteiger partial charge in [0.25, 0.3) is 5.91 Å². The summed E-state index contributed by atoms with van der Waals surface area (Å²) in [6.45, 7) is 4.36. The Morgan fingerprint density at radius 2 is 2.22 bits per heavy atom. The quantitative estimate of drug-likeness (QED) is 0.895. The standard InChI is InChI=1S/C11H15N3O3S/c1-6(2)8-9(18-13-12-8)10(15)14-5-3-4-7(14)11(16)17/h6-7H,3-5H2,1-2H3,(H,16,17). The predicted molar refractivity (Wildman–Crippen MR) is 65.7 cm³/mol.